The van der Waals surface area contributed by atoms with E-state index in [2.05, 4.69) is 14.9 Å². The van der Waals surface area contributed by atoms with Crippen molar-refractivity contribution in [3.63, 3.8) is 0 Å². The summed E-state index contributed by atoms with van der Waals surface area (Å²) in [6.07, 6.45) is 6.65. The summed E-state index contributed by atoms with van der Waals surface area (Å²) in [6, 6.07) is 1.98. The molecule has 0 unspecified atom stereocenters. The number of ketones is 1. The molecule has 1 aliphatic heterocycles. The van der Waals surface area contributed by atoms with Crippen molar-refractivity contribution in [1.82, 2.24) is 9.97 Å². The van der Waals surface area contributed by atoms with Gasteiger partial charge in [-0.2, -0.15) is 0 Å². The molecule has 1 saturated heterocycles. The minimum atomic E-state index is 0.137. The van der Waals surface area contributed by atoms with E-state index in [9.17, 15) is 4.79 Å². The van der Waals surface area contributed by atoms with E-state index >= 15 is 0 Å². The Balaban J connectivity index is 2.11. The molecule has 104 valence electrons. The molecule has 1 aliphatic rings. The van der Waals surface area contributed by atoms with Gasteiger partial charge in [0.05, 0.1) is 6.54 Å². The predicted octanol–water partition coefficient (Wildman–Crippen LogP) is 1.88. The van der Waals surface area contributed by atoms with Gasteiger partial charge in [-0.25, -0.2) is 9.97 Å². The first-order valence-electron chi connectivity index (χ1n) is 6.94. The average Bonchev–Trinajstić information content (AvgIpc) is 2.67. The van der Waals surface area contributed by atoms with Crippen molar-refractivity contribution in [1.29, 1.82) is 0 Å². The second-order valence-corrected chi connectivity index (χ2v) is 5.19. The monoisotopic (exact) mass is 262 g/mol. The second kappa shape index (κ2) is 6.50. The number of carbonyl (C=O) groups excluding carboxylic acids is 1. The van der Waals surface area contributed by atoms with Crippen LogP contribution in [0.5, 0.6) is 0 Å². The number of likely N-dealkylation sites (N-methyl/N-ethyl adjacent to an activating group) is 1. The van der Waals surface area contributed by atoms with E-state index in [-0.39, 0.29) is 5.78 Å². The summed E-state index contributed by atoms with van der Waals surface area (Å²) in [4.78, 5) is 24.0. The molecule has 0 bridgehead atoms. The maximum Gasteiger partial charge on any atom is 0.149 e. The first-order chi connectivity index (χ1) is 9.16. The molecule has 0 N–H and O–H groups in total. The number of rotatable bonds is 4. The van der Waals surface area contributed by atoms with E-state index in [0.717, 1.165) is 24.7 Å². The molecule has 5 nitrogen and oxygen atoms in total. The Morgan fingerprint density at radius 2 is 1.95 bits per heavy atom. The fourth-order valence-corrected chi connectivity index (χ4v) is 2.43. The number of hydrogen-bond acceptors (Lipinski definition) is 5. The van der Waals surface area contributed by atoms with E-state index < -0.39 is 0 Å². The molecule has 1 fully saturated rings. The lowest BCUT2D eigenvalue weighted by Gasteiger charge is -2.23. The Morgan fingerprint density at radius 3 is 2.58 bits per heavy atom. The zero-order chi connectivity index (χ0) is 13.7. The van der Waals surface area contributed by atoms with Crippen molar-refractivity contribution in [2.45, 2.75) is 32.6 Å². The van der Waals surface area contributed by atoms with Crippen LogP contribution in [0, 0.1) is 0 Å². The zero-order valence-electron chi connectivity index (χ0n) is 11.8. The Morgan fingerprint density at radius 1 is 1.26 bits per heavy atom. The molecule has 2 heterocycles. The molecule has 1 aromatic rings. The van der Waals surface area contributed by atoms with Crippen molar-refractivity contribution in [2.24, 2.45) is 0 Å². The molecule has 2 rings (SSSR count). The Hall–Kier alpha value is -1.65. The maximum absolute atomic E-state index is 11.2. The van der Waals surface area contributed by atoms with Crippen LogP contribution >= 0.6 is 0 Å². The van der Waals surface area contributed by atoms with Crippen molar-refractivity contribution in [2.75, 3.05) is 36.5 Å². The van der Waals surface area contributed by atoms with Crippen LogP contribution in [0.4, 0.5) is 11.6 Å². The topological polar surface area (TPSA) is 49.3 Å². The van der Waals surface area contributed by atoms with Gasteiger partial charge in [-0.3, -0.25) is 4.79 Å². The highest BCUT2D eigenvalue weighted by Crippen LogP contribution is 2.20. The molecule has 0 aromatic carbocycles. The molecule has 0 aliphatic carbocycles. The quantitative estimate of drug-likeness (QED) is 0.829. The van der Waals surface area contributed by atoms with Gasteiger partial charge in [0, 0.05) is 26.2 Å². The van der Waals surface area contributed by atoms with E-state index in [1.54, 1.807) is 13.3 Å². The van der Waals surface area contributed by atoms with Gasteiger partial charge in [-0.1, -0.05) is 12.8 Å². The molecule has 5 heteroatoms. The molecule has 0 atom stereocenters. The summed E-state index contributed by atoms with van der Waals surface area (Å²) in [5.74, 6) is 1.92. The Bertz CT molecular complexity index is 427. The summed E-state index contributed by atoms with van der Waals surface area (Å²) in [6.45, 7) is 4.10. The largest absolute Gasteiger partial charge is 0.356 e. The summed E-state index contributed by atoms with van der Waals surface area (Å²) < 4.78 is 0. The van der Waals surface area contributed by atoms with Crippen molar-refractivity contribution in [3.05, 3.63) is 12.4 Å². The maximum atomic E-state index is 11.2. The number of nitrogens with zero attached hydrogens (tertiary/aromatic N) is 4. The van der Waals surface area contributed by atoms with Gasteiger partial charge < -0.3 is 9.80 Å². The number of hydrogen-bond donors (Lipinski definition) is 0. The molecule has 0 spiro atoms. The zero-order valence-corrected chi connectivity index (χ0v) is 11.8. The van der Waals surface area contributed by atoms with Crippen molar-refractivity contribution < 1.29 is 4.79 Å². The third kappa shape index (κ3) is 3.91. The van der Waals surface area contributed by atoms with Crippen LogP contribution in [0.15, 0.2) is 12.4 Å². The molecule has 0 saturated carbocycles. The summed E-state index contributed by atoms with van der Waals surface area (Å²) in [5, 5.41) is 0. The van der Waals surface area contributed by atoms with E-state index in [1.807, 2.05) is 18.0 Å². The number of carbonyl (C=O) groups is 1. The van der Waals surface area contributed by atoms with E-state index in [4.69, 9.17) is 0 Å². The highest BCUT2D eigenvalue weighted by atomic mass is 16.1. The molecular weight excluding hydrogens is 240 g/mol. The minimum absolute atomic E-state index is 0.137. The fraction of sp³-hybridized carbons (Fsp3) is 0.643. The number of aromatic nitrogens is 2. The van der Waals surface area contributed by atoms with Crippen LogP contribution in [0.25, 0.3) is 0 Å². The summed E-state index contributed by atoms with van der Waals surface area (Å²) in [7, 11) is 1.88. The van der Waals surface area contributed by atoms with Crippen LogP contribution in [-0.2, 0) is 4.79 Å². The highest BCUT2D eigenvalue weighted by molar-refractivity contribution is 5.80. The van der Waals surface area contributed by atoms with Gasteiger partial charge in [-0.05, 0) is 19.8 Å². The summed E-state index contributed by atoms with van der Waals surface area (Å²) >= 11 is 0. The molecule has 1 aromatic heterocycles. The van der Waals surface area contributed by atoms with Crippen LogP contribution < -0.4 is 9.80 Å². The molecular formula is C14H22N4O. The summed E-state index contributed by atoms with van der Waals surface area (Å²) in [5.41, 5.74) is 0. The second-order valence-electron chi connectivity index (χ2n) is 5.19. The predicted molar refractivity (Wildman–Crippen MR) is 76.7 cm³/mol. The third-order valence-corrected chi connectivity index (χ3v) is 3.42. The lowest BCUT2D eigenvalue weighted by Crippen LogP contribution is -2.27. The normalized spacial score (nSPS) is 16.0. The van der Waals surface area contributed by atoms with E-state index in [1.165, 1.54) is 25.7 Å². The van der Waals surface area contributed by atoms with Crippen LogP contribution in [0.2, 0.25) is 0 Å². The first-order valence-corrected chi connectivity index (χ1v) is 6.94. The van der Waals surface area contributed by atoms with Gasteiger partial charge in [-0.15, -0.1) is 0 Å². The standard InChI is InChI=1S/C14H22N4O/c1-12(19)10-17(2)13-9-14(16-11-15-13)18-7-5-3-4-6-8-18/h9,11H,3-8,10H2,1-2H3. The third-order valence-electron chi connectivity index (χ3n) is 3.42. The average molecular weight is 262 g/mol. The van der Waals surface area contributed by atoms with Crippen molar-refractivity contribution in [3.8, 4) is 0 Å². The van der Waals surface area contributed by atoms with Crippen LogP contribution in [-0.4, -0.2) is 42.4 Å². The van der Waals surface area contributed by atoms with Gasteiger partial charge in [0.2, 0.25) is 0 Å². The van der Waals surface area contributed by atoms with Gasteiger partial charge >= 0.3 is 0 Å². The SMILES string of the molecule is CC(=O)CN(C)c1cc(N2CCCCCC2)ncn1. The Labute approximate surface area is 114 Å². The van der Waals surface area contributed by atoms with Crippen molar-refractivity contribution >= 4 is 17.4 Å². The van der Waals surface area contributed by atoms with Gasteiger partial charge in [0.25, 0.3) is 0 Å². The number of Topliss-reactive ketones (excluding diaryl/α,β-unsaturated/α-hetero) is 1. The van der Waals surface area contributed by atoms with Crippen LogP contribution in [0.1, 0.15) is 32.6 Å². The Kier molecular flexibility index (Phi) is 4.71. The number of anilines is 2. The molecule has 19 heavy (non-hydrogen) atoms. The van der Waals surface area contributed by atoms with Gasteiger partial charge in [0.15, 0.2) is 0 Å². The fourth-order valence-electron chi connectivity index (χ4n) is 2.43. The first kappa shape index (κ1) is 13.8. The lowest BCUT2D eigenvalue weighted by molar-refractivity contribution is -0.115. The lowest BCUT2D eigenvalue weighted by atomic mass is 10.2. The minimum Gasteiger partial charge on any atom is -0.356 e. The smallest absolute Gasteiger partial charge is 0.149 e. The van der Waals surface area contributed by atoms with Crippen LogP contribution in [0.3, 0.4) is 0 Å². The molecule has 0 radical (unpaired) electrons. The highest BCUT2D eigenvalue weighted by Gasteiger charge is 2.13. The van der Waals surface area contributed by atoms with Gasteiger partial charge in [0.1, 0.15) is 23.7 Å². The molecule has 0 amide bonds. The van der Waals surface area contributed by atoms with E-state index in [0.29, 0.717) is 6.54 Å².